The molecule has 164 valence electrons. The van der Waals surface area contributed by atoms with Crippen molar-refractivity contribution in [1.82, 2.24) is 20.3 Å². The lowest BCUT2D eigenvalue weighted by Crippen LogP contribution is -2.33. The number of aromatic nitrogens is 3. The average Bonchev–Trinajstić information content (AvgIpc) is 3.21. The van der Waals surface area contributed by atoms with Crippen LogP contribution in [0, 0.1) is 0 Å². The van der Waals surface area contributed by atoms with E-state index in [9.17, 15) is 18.0 Å². The van der Waals surface area contributed by atoms with Gasteiger partial charge >= 0.3 is 6.18 Å². The van der Waals surface area contributed by atoms with Crippen LogP contribution in [0.3, 0.4) is 0 Å². The number of hydrogen-bond donors (Lipinski definition) is 1. The van der Waals surface area contributed by atoms with Gasteiger partial charge in [-0.2, -0.15) is 13.2 Å². The maximum Gasteiger partial charge on any atom is 0.416 e. The second-order valence-electron chi connectivity index (χ2n) is 6.96. The van der Waals surface area contributed by atoms with E-state index in [1.807, 2.05) is 0 Å². The smallest absolute Gasteiger partial charge is 0.416 e. The third-order valence-corrected chi connectivity index (χ3v) is 4.88. The molecular formula is C21H20ClF3N4O2. The number of nitrogens with one attached hydrogen (secondary N) is 1. The lowest BCUT2D eigenvalue weighted by Gasteiger charge is -2.18. The maximum absolute atomic E-state index is 12.7. The Bertz CT molecular complexity index is 1020. The number of alkyl halides is 3. The predicted molar refractivity (Wildman–Crippen MR) is 109 cm³/mol. The predicted octanol–water partition coefficient (Wildman–Crippen LogP) is 4.97. The highest BCUT2D eigenvalue weighted by Gasteiger charge is 2.30. The van der Waals surface area contributed by atoms with Crippen LogP contribution < -0.4 is 10.1 Å². The molecule has 2 atom stereocenters. The summed E-state index contributed by atoms with van der Waals surface area (Å²) >= 11 is 5.83. The molecular weight excluding hydrogens is 433 g/mol. The average molecular weight is 453 g/mol. The molecule has 3 rings (SSSR count). The molecule has 6 nitrogen and oxygen atoms in total. The van der Waals surface area contributed by atoms with Crippen molar-refractivity contribution >= 4 is 17.5 Å². The van der Waals surface area contributed by atoms with Crippen LogP contribution in [-0.4, -0.2) is 20.9 Å². The molecule has 0 radical (unpaired) electrons. The summed E-state index contributed by atoms with van der Waals surface area (Å²) in [5.74, 6) is 0.276. The Morgan fingerprint density at radius 1 is 1.13 bits per heavy atom. The highest BCUT2D eigenvalue weighted by Crippen LogP contribution is 2.30. The first-order valence-corrected chi connectivity index (χ1v) is 9.78. The second kappa shape index (κ2) is 9.38. The van der Waals surface area contributed by atoms with E-state index >= 15 is 0 Å². The van der Waals surface area contributed by atoms with Gasteiger partial charge < -0.3 is 10.1 Å². The summed E-state index contributed by atoms with van der Waals surface area (Å²) < 4.78 is 45.1. The number of benzene rings is 2. The largest absolute Gasteiger partial charge is 0.487 e. The molecule has 2 aromatic carbocycles. The highest BCUT2D eigenvalue weighted by atomic mass is 35.5. The third-order valence-electron chi connectivity index (χ3n) is 4.63. The first-order chi connectivity index (χ1) is 14.6. The fraction of sp³-hybridized carbons (Fsp3) is 0.286. The number of rotatable bonds is 7. The molecule has 1 aromatic heterocycles. The van der Waals surface area contributed by atoms with Gasteiger partial charge in [-0.1, -0.05) is 28.9 Å². The number of ether oxygens (including phenoxy) is 1. The molecule has 1 unspecified atom stereocenters. The van der Waals surface area contributed by atoms with Crippen LogP contribution in [0.5, 0.6) is 5.75 Å². The normalized spacial score (nSPS) is 13.5. The number of halogens is 4. The van der Waals surface area contributed by atoms with Gasteiger partial charge in [-0.15, -0.1) is 5.10 Å². The quantitative estimate of drug-likeness (QED) is 0.549. The number of carbonyl (C=O) groups is 1. The Hall–Kier alpha value is -3.07. The molecule has 1 N–H and O–H groups in total. The summed E-state index contributed by atoms with van der Waals surface area (Å²) in [6, 6.07) is 10.4. The Kier molecular flexibility index (Phi) is 6.84. The molecule has 0 saturated heterocycles. The van der Waals surface area contributed by atoms with Crippen LogP contribution in [0.2, 0.25) is 5.02 Å². The van der Waals surface area contributed by atoms with Gasteiger partial charge in [-0.05, 0) is 55.8 Å². The van der Waals surface area contributed by atoms with E-state index in [1.54, 1.807) is 44.3 Å². The standard InChI is InChI=1S/C21H20ClF3N4O2/c1-13(15-3-5-16(6-4-15)21(23,24)25)26-20(30)14(2)29-11-18(27-28-29)12-31-19-9-7-17(22)8-10-19/h3-11,13-14H,12H2,1-2H3,(H,26,30)/t13-,14?/m1/s1. The SMILES string of the molecule is CC(C(=O)N[C@H](C)c1ccc(C(F)(F)F)cc1)n1cc(COc2ccc(Cl)cc2)nn1. The zero-order valence-electron chi connectivity index (χ0n) is 16.7. The van der Waals surface area contributed by atoms with Crippen molar-refractivity contribution in [2.24, 2.45) is 0 Å². The van der Waals surface area contributed by atoms with E-state index in [0.29, 0.717) is 22.0 Å². The van der Waals surface area contributed by atoms with Gasteiger partial charge in [0, 0.05) is 5.02 Å². The van der Waals surface area contributed by atoms with Crippen molar-refractivity contribution in [1.29, 1.82) is 0 Å². The molecule has 3 aromatic rings. The van der Waals surface area contributed by atoms with Crippen LogP contribution in [0.15, 0.2) is 54.7 Å². The Labute approximate surface area is 182 Å². The van der Waals surface area contributed by atoms with Crippen molar-refractivity contribution in [3.8, 4) is 5.75 Å². The summed E-state index contributed by atoms with van der Waals surface area (Å²) in [6.07, 6.45) is -2.80. The number of carbonyl (C=O) groups excluding carboxylic acids is 1. The van der Waals surface area contributed by atoms with E-state index in [1.165, 1.54) is 16.8 Å². The summed E-state index contributed by atoms with van der Waals surface area (Å²) in [7, 11) is 0. The van der Waals surface area contributed by atoms with Crippen LogP contribution in [-0.2, 0) is 17.6 Å². The van der Waals surface area contributed by atoms with Crippen molar-refractivity contribution in [3.05, 3.63) is 76.6 Å². The van der Waals surface area contributed by atoms with Gasteiger partial charge in [0.05, 0.1) is 17.8 Å². The molecule has 1 amide bonds. The van der Waals surface area contributed by atoms with E-state index in [0.717, 1.165) is 12.1 Å². The molecule has 0 aliphatic rings. The summed E-state index contributed by atoms with van der Waals surface area (Å²) in [5, 5.41) is 11.3. The van der Waals surface area contributed by atoms with Crippen LogP contribution >= 0.6 is 11.6 Å². The Morgan fingerprint density at radius 3 is 2.39 bits per heavy atom. The van der Waals surface area contributed by atoms with E-state index < -0.39 is 23.8 Å². The van der Waals surface area contributed by atoms with Crippen LogP contribution in [0.1, 0.15) is 42.8 Å². The zero-order valence-corrected chi connectivity index (χ0v) is 17.5. The van der Waals surface area contributed by atoms with Gasteiger partial charge in [0.2, 0.25) is 5.91 Å². The van der Waals surface area contributed by atoms with E-state index in [4.69, 9.17) is 16.3 Å². The fourth-order valence-corrected chi connectivity index (χ4v) is 2.88. The van der Waals surface area contributed by atoms with Gasteiger partial charge in [-0.3, -0.25) is 4.79 Å². The van der Waals surface area contributed by atoms with Crippen LogP contribution in [0.25, 0.3) is 0 Å². The van der Waals surface area contributed by atoms with Crippen molar-refractivity contribution in [2.75, 3.05) is 0 Å². The topological polar surface area (TPSA) is 69.0 Å². The van der Waals surface area contributed by atoms with Gasteiger partial charge in [0.1, 0.15) is 24.1 Å². The molecule has 0 fully saturated rings. The lowest BCUT2D eigenvalue weighted by molar-refractivity contribution is -0.137. The monoisotopic (exact) mass is 452 g/mol. The first-order valence-electron chi connectivity index (χ1n) is 9.40. The Morgan fingerprint density at radius 2 is 1.77 bits per heavy atom. The van der Waals surface area contributed by atoms with E-state index in [-0.39, 0.29) is 12.5 Å². The van der Waals surface area contributed by atoms with E-state index in [2.05, 4.69) is 15.6 Å². The minimum absolute atomic E-state index is 0.165. The van der Waals surface area contributed by atoms with Crippen molar-refractivity contribution in [2.45, 2.75) is 38.7 Å². The molecule has 0 aliphatic carbocycles. The molecule has 0 aliphatic heterocycles. The summed E-state index contributed by atoms with van der Waals surface area (Å²) in [5.41, 5.74) is 0.355. The highest BCUT2D eigenvalue weighted by molar-refractivity contribution is 6.30. The van der Waals surface area contributed by atoms with Crippen LogP contribution in [0.4, 0.5) is 13.2 Å². The molecule has 0 bridgehead atoms. The Balaban J connectivity index is 1.56. The lowest BCUT2D eigenvalue weighted by atomic mass is 10.1. The minimum atomic E-state index is -4.40. The van der Waals surface area contributed by atoms with Gasteiger partial charge in [0.15, 0.2) is 0 Å². The summed E-state index contributed by atoms with van der Waals surface area (Å²) in [6.45, 7) is 3.51. The van der Waals surface area contributed by atoms with Crippen molar-refractivity contribution < 1.29 is 22.7 Å². The number of hydrogen-bond acceptors (Lipinski definition) is 4. The molecule has 0 saturated carbocycles. The summed E-state index contributed by atoms with van der Waals surface area (Å²) in [4.78, 5) is 12.6. The van der Waals surface area contributed by atoms with Crippen molar-refractivity contribution in [3.63, 3.8) is 0 Å². The van der Waals surface area contributed by atoms with Gasteiger partial charge in [-0.25, -0.2) is 4.68 Å². The molecule has 0 spiro atoms. The fourth-order valence-electron chi connectivity index (χ4n) is 2.76. The number of nitrogens with zero attached hydrogens (tertiary/aromatic N) is 3. The second-order valence-corrected chi connectivity index (χ2v) is 7.39. The minimum Gasteiger partial charge on any atom is -0.487 e. The molecule has 10 heteroatoms. The molecule has 31 heavy (non-hydrogen) atoms. The number of amides is 1. The first kappa shape index (κ1) is 22.6. The third kappa shape index (κ3) is 5.97. The van der Waals surface area contributed by atoms with Gasteiger partial charge in [0.25, 0.3) is 0 Å². The zero-order chi connectivity index (χ0) is 22.6. The maximum atomic E-state index is 12.7. The molecule has 1 heterocycles.